The van der Waals surface area contributed by atoms with Gasteiger partial charge in [0.25, 0.3) is 5.91 Å². The van der Waals surface area contributed by atoms with Crippen molar-refractivity contribution in [2.24, 2.45) is 0 Å². The van der Waals surface area contributed by atoms with E-state index in [-0.39, 0.29) is 18.2 Å². The average molecular weight is 264 g/mol. The Morgan fingerprint density at radius 1 is 1.37 bits per heavy atom. The van der Waals surface area contributed by atoms with Crippen molar-refractivity contribution in [3.63, 3.8) is 0 Å². The lowest BCUT2D eigenvalue weighted by Gasteiger charge is -2.26. The number of hydrogen-bond acceptors (Lipinski definition) is 2. The van der Waals surface area contributed by atoms with Crippen molar-refractivity contribution in [1.29, 1.82) is 5.26 Å². The summed E-state index contributed by atoms with van der Waals surface area (Å²) in [4.78, 5) is 13.6. The average Bonchev–Trinajstić information content (AvgIpc) is 2.92. The monoisotopic (exact) mass is 264 g/mol. The number of nitrogens with zero attached hydrogens (tertiary/aromatic N) is 2. The molecular formula is C14H14F2N2O. The van der Waals surface area contributed by atoms with Crippen LogP contribution in [0.25, 0.3) is 0 Å². The van der Waals surface area contributed by atoms with Gasteiger partial charge in [0.1, 0.15) is 6.54 Å². The standard InChI is InChI=1S/C14H14F2N2O/c15-12-7-3-6-11(13(12)16)14(19)18(9-8-17)10-4-1-2-5-10/h3,6-7,10H,1-2,4-5,9H2. The first kappa shape index (κ1) is 13.5. The Labute approximate surface area is 110 Å². The predicted molar refractivity (Wildman–Crippen MR) is 65.3 cm³/mol. The number of carbonyl (C=O) groups is 1. The topological polar surface area (TPSA) is 44.1 Å². The van der Waals surface area contributed by atoms with Crippen LogP contribution >= 0.6 is 0 Å². The molecule has 0 aromatic heterocycles. The van der Waals surface area contributed by atoms with Crippen LogP contribution in [0.2, 0.25) is 0 Å². The molecule has 0 saturated heterocycles. The minimum absolute atomic E-state index is 0.0465. The maximum atomic E-state index is 13.6. The van der Waals surface area contributed by atoms with Crippen LogP contribution in [0.3, 0.4) is 0 Å². The Morgan fingerprint density at radius 2 is 2.05 bits per heavy atom. The highest BCUT2D eigenvalue weighted by Crippen LogP contribution is 2.25. The SMILES string of the molecule is N#CCN(C(=O)c1cccc(F)c1F)C1CCCC1. The van der Waals surface area contributed by atoms with E-state index in [1.807, 2.05) is 6.07 Å². The molecule has 2 rings (SSSR count). The third-order valence-electron chi connectivity index (χ3n) is 3.45. The van der Waals surface area contributed by atoms with Gasteiger partial charge in [-0.2, -0.15) is 5.26 Å². The zero-order valence-electron chi connectivity index (χ0n) is 10.4. The molecular weight excluding hydrogens is 250 g/mol. The Kier molecular flexibility index (Phi) is 4.10. The fourth-order valence-electron chi connectivity index (χ4n) is 2.48. The second-order valence-corrected chi connectivity index (χ2v) is 4.63. The smallest absolute Gasteiger partial charge is 0.258 e. The van der Waals surface area contributed by atoms with E-state index in [4.69, 9.17) is 5.26 Å². The zero-order valence-corrected chi connectivity index (χ0v) is 10.4. The van der Waals surface area contributed by atoms with E-state index in [2.05, 4.69) is 0 Å². The first-order valence-electron chi connectivity index (χ1n) is 6.27. The van der Waals surface area contributed by atoms with Gasteiger partial charge < -0.3 is 4.90 Å². The van der Waals surface area contributed by atoms with Gasteiger partial charge in [-0.15, -0.1) is 0 Å². The second kappa shape index (κ2) is 5.79. The molecule has 0 atom stereocenters. The highest BCUT2D eigenvalue weighted by atomic mass is 19.2. The van der Waals surface area contributed by atoms with Crippen molar-refractivity contribution in [3.05, 3.63) is 35.4 Å². The van der Waals surface area contributed by atoms with Gasteiger partial charge in [0.05, 0.1) is 11.6 Å². The quantitative estimate of drug-likeness (QED) is 0.788. The Bertz CT molecular complexity index is 519. The van der Waals surface area contributed by atoms with E-state index in [1.54, 1.807) is 0 Å². The molecule has 1 aromatic rings. The molecule has 5 heteroatoms. The van der Waals surface area contributed by atoms with Crippen molar-refractivity contribution < 1.29 is 13.6 Å². The Hall–Kier alpha value is -1.96. The van der Waals surface area contributed by atoms with E-state index in [9.17, 15) is 13.6 Å². The van der Waals surface area contributed by atoms with Crippen molar-refractivity contribution in [2.75, 3.05) is 6.54 Å². The number of halogens is 2. The normalized spacial score (nSPS) is 15.2. The minimum Gasteiger partial charge on any atom is -0.322 e. The van der Waals surface area contributed by atoms with Crippen LogP contribution in [0.1, 0.15) is 36.0 Å². The maximum Gasteiger partial charge on any atom is 0.258 e. The molecule has 0 aliphatic heterocycles. The van der Waals surface area contributed by atoms with Gasteiger partial charge in [-0.05, 0) is 25.0 Å². The largest absolute Gasteiger partial charge is 0.322 e. The summed E-state index contributed by atoms with van der Waals surface area (Å²) in [5.41, 5.74) is -0.304. The van der Waals surface area contributed by atoms with Crippen molar-refractivity contribution in [3.8, 4) is 6.07 Å². The summed E-state index contributed by atoms with van der Waals surface area (Å²) in [5.74, 6) is -2.80. The molecule has 1 aromatic carbocycles. The molecule has 0 N–H and O–H groups in total. The van der Waals surface area contributed by atoms with E-state index >= 15 is 0 Å². The van der Waals surface area contributed by atoms with Gasteiger partial charge in [-0.25, -0.2) is 8.78 Å². The van der Waals surface area contributed by atoms with E-state index in [0.29, 0.717) is 0 Å². The van der Waals surface area contributed by atoms with Crippen LogP contribution in [-0.4, -0.2) is 23.4 Å². The summed E-state index contributed by atoms with van der Waals surface area (Å²) in [6.45, 7) is -0.0978. The summed E-state index contributed by atoms with van der Waals surface area (Å²) in [7, 11) is 0. The molecule has 1 fully saturated rings. The second-order valence-electron chi connectivity index (χ2n) is 4.63. The van der Waals surface area contributed by atoms with E-state index in [1.165, 1.54) is 17.0 Å². The fourth-order valence-corrected chi connectivity index (χ4v) is 2.48. The van der Waals surface area contributed by atoms with Crippen LogP contribution < -0.4 is 0 Å². The van der Waals surface area contributed by atoms with Crippen LogP contribution in [0.4, 0.5) is 8.78 Å². The lowest BCUT2D eigenvalue weighted by atomic mass is 10.1. The van der Waals surface area contributed by atoms with Gasteiger partial charge in [0.2, 0.25) is 0 Å². The van der Waals surface area contributed by atoms with Crippen LogP contribution in [0.15, 0.2) is 18.2 Å². The minimum atomic E-state index is -1.14. The maximum absolute atomic E-state index is 13.6. The summed E-state index contributed by atoms with van der Waals surface area (Å²) in [6.07, 6.45) is 3.60. The molecule has 1 aliphatic carbocycles. The van der Waals surface area contributed by atoms with E-state index < -0.39 is 17.5 Å². The number of benzene rings is 1. The highest BCUT2D eigenvalue weighted by molar-refractivity contribution is 5.94. The molecule has 3 nitrogen and oxygen atoms in total. The van der Waals surface area contributed by atoms with Gasteiger partial charge in [0.15, 0.2) is 11.6 Å². The molecule has 0 bridgehead atoms. The highest BCUT2D eigenvalue weighted by Gasteiger charge is 2.29. The Balaban J connectivity index is 2.28. The van der Waals surface area contributed by atoms with Gasteiger partial charge in [-0.1, -0.05) is 18.9 Å². The van der Waals surface area contributed by atoms with Crippen molar-refractivity contribution >= 4 is 5.91 Å². The molecule has 100 valence electrons. The fraction of sp³-hybridized carbons (Fsp3) is 0.429. The number of hydrogen-bond donors (Lipinski definition) is 0. The molecule has 1 aliphatic rings. The van der Waals surface area contributed by atoms with Gasteiger partial charge in [0, 0.05) is 6.04 Å². The molecule has 19 heavy (non-hydrogen) atoms. The van der Waals surface area contributed by atoms with Gasteiger partial charge in [-0.3, -0.25) is 4.79 Å². The molecule has 0 unspecified atom stereocenters. The number of carbonyl (C=O) groups excluding carboxylic acids is 1. The van der Waals surface area contributed by atoms with Crippen LogP contribution in [-0.2, 0) is 0 Å². The lowest BCUT2D eigenvalue weighted by Crippen LogP contribution is -2.39. The van der Waals surface area contributed by atoms with Crippen LogP contribution in [0, 0.1) is 23.0 Å². The molecule has 0 heterocycles. The number of rotatable bonds is 3. The van der Waals surface area contributed by atoms with Crippen molar-refractivity contribution in [1.82, 2.24) is 4.90 Å². The predicted octanol–water partition coefficient (Wildman–Crippen LogP) is 2.87. The summed E-state index contributed by atoms with van der Waals surface area (Å²) in [5, 5.41) is 8.80. The van der Waals surface area contributed by atoms with Crippen molar-refractivity contribution in [2.45, 2.75) is 31.7 Å². The van der Waals surface area contributed by atoms with Gasteiger partial charge >= 0.3 is 0 Å². The summed E-state index contributed by atoms with van der Waals surface area (Å²) >= 11 is 0. The van der Waals surface area contributed by atoms with Crippen LogP contribution in [0.5, 0.6) is 0 Å². The molecule has 0 radical (unpaired) electrons. The van der Waals surface area contributed by atoms with E-state index in [0.717, 1.165) is 31.7 Å². The summed E-state index contributed by atoms with van der Waals surface area (Å²) < 4.78 is 26.8. The third kappa shape index (κ3) is 2.73. The lowest BCUT2D eigenvalue weighted by molar-refractivity contribution is 0.0703. The number of amides is 1. The molecule has 0 spiro atoms. The number of nitriles is 1. The zero-order chi connectivity index (χ0) is 13.8. The first-order chi connectivity index (χ1) is 9.15. The summed E-state index contributed by atoms with van der Waals surface area (Å²) in [6, 6.07) is 5.39. The molecule has 1 amide bonds. The Morgan fingerprint density at radius 3 is 2.68 bits per heavy atom. The molecule has 1 saturated carbocycles. The first-order valence-corrected chi connectivity index (χ1v) is 6.27. The third-order valence-corrected chi connectivity index (χ3v) is 3.45.